The molecular formula is C15H21Cl2N. The molecule has 0 amide bonds. The van der Waals surface area contributed by atoms with Crippen molar-refractivity contribution in [2.45, 2.75) is 45.7 Å². The fraction of sp³-hybridized carbons (Fsp3) is 0.600. The molecule has 1 nitrogen and oxygen atoms in total. The largest absolute Gasteiger partial charge is 0.307 e. The molecule has 18 heavy (non-hydrogen) atoms. The number of rotatable bonds is 3. The molecule has 0 aromatic heterocycles. The Morgan fingerprint density at radius 2 is 1.94 bits per heavy atom. The summed E-state index contributed by atoms with van der Waals surface area (Å²) in [7, 11) is 0. The van der Waals surface area contributed by atoms with Crippen LogP contribution >= 0.6 is 23.2 Å². The third-order valence-electron chi connectivity index (χ3n) is 4.36. The van der Waals surface area contributed by atoms with Gasteiger partial charge in [0.15, 0.2) is 0 Å². The fourth-order valence-electron chi connectivity index (χ4n) is 2.86. The van der Waals surface area contributed by atoms with Crippen LogP contribution in [0.4, 0.5) is 0 Å². The highest BCUT2D eigenvalue weighted by Crippen LogP contribution is 2.34. The maximum Gasteiger partial charge on any atom is 0.0468 e. The Hall–Kier alpha value is -0.240. The third kappa shape index (κ3) is 3.01. The molecule has 0 heterocycles. The standard InChI is InChI=1S/C15H21Cl2N/c1-9-4-7-15(10(9)2)18-11(3)13-6-5-12(16)8-14(13)17/h5-6,8-11,15,18H,4,7H2,1-3H3. The van der Waals surface area contributed by atoms with Crippen LogP contribution in [0.25, 0.3) is 0 Å². The smallest absolute Gasteiger partial charge is 0.0468 e. The molecule has 0 aliphatic heterocycles. The minimum Gasteiger partial charge on any atom is -0.307 e. The molecular weight excluding hydrogens is 265 g/mol. The lowest BCUT2D eigenvalue weighted by atomic mass is 9.96. The van der Waals surface area contributed by atoms with Crippen LogP contribution in [-0.4, -0.2) is 6.04 Å². The van der Waals surface area contributed by atoms with Crippen molar-refractivity contribution in [2.24, 2.45) is 11.8 Å². The van der Waals surface area contributed by atoms with Crippen molar-refractivity contribution in [3.05, 3.63) is 33.8 Å². The monoisotopic (exact) mass is 285 g/mol. The molecule has 1 aliphatic carbocycles. The first kappa shape index (κ1) is 14.2. The van der Waals surface area contributed by atoms with Gasteiger partial charge in [0, 0.05) is 22.1 Å². The van der Waals surface area contributed by atoms with E-state index < -0.39 is 0 Å². The molecule has 1 saturated carbocycles. The first-order valence-electron chi connectivity index (χ1n) is 6.70. The molecule has 1 fully saturated rings. The zero-order valence-corrected chi connectivity index (χ0v) is 12.7. The number of hydrogen-bond acceptors (Lipinski definition) is 1. The van der Waals surface area contributed by atoms with Gasteiger partial charge in [0.2, 0.25) is 0 Å². The summed E-state index contributed by atoms with van der Waals surface area (Å²) in [5, 5.41) is 5.15. The lowest BCUT2D eigenvalue weighted by molar-refractivity contribution is 0.347. The normalized spacial score (nSPS) is 29.5. The SMILES string of the molecule is CC(NC1CCC(C)C1C)c1ccc(Cl)cc1Cl. The Bertz CT molecular complexity index is 419. The number of benzene rings is 1. The number of hydrogen-bond donors (Lipinski definition) is 1. The van der Waals surface area contributed by atoms with E-state index in [9.17, 15) is 0 Å². The highest BCUT2D eigenvalue weighted by molar-refractivity contribution is 6.35. The number of nitrogens with one attached hydrogen (secondary N) is 1. The Morgan fingerprint density at radius 1 is 1.22 bits per heavy atom. The van der Waals surface area contributed by atoms with Crippen LogP contribution in [0.15, 0.2) is 18.2 Å². The van der Waals surface area contributed by atoms with E-state index in [4.69, 9.17) is 23.2 Å². The van der Waals surface area contributed by atoms with E-state index in [0.29, 0.717) is 11.1 Å². The van der Waals surface area contributed by atoms with Crippen molar-refractivity contribution in [3.63, 3.8) is 0 Å². The van der Waals surface area contributed by atoms with E-state index in [2.05, 4.69) is 26.1 Å². The second-order valence-corrected chi connectivity index (χ2v) is 6.42. The van der Waals surface area contributed by atoms with Crippen molar-refractivity contribution in [2.75, 3.05) is 0 Å². The lowest BCUT2D eigenvalue weighted by Gasteiger charge is -2.25. The van der Waals surface area contributed by atoms with Crippen LogP contribution in [0.1, 0.15) is 45.2 Å². The summed E-state index contributed by atoms with van der Waals surface area (Å²) in [5.74, 6) is 1.55. The van der Waals surface area contributed by atoms with E-state index in [1.54, 1.807) is 0 Å². The molecule has 3 heteroatoms. The van der Waals surface area contributed by atoms with Crippen molar-refractivity contribution in [3.8, 4) is 0 Å². The molecule has 2 rings (SSSR count). The molecule has 0 radical (unpaired) electrons. The molecule has 1 aromatic rings. The van der Waals surface area contributed by atoms with Gasteiger partial charge in [-0.15, -0.1) is 0 Å². The quantitative estimate of drug-likeness (QED) is 0.817. The van der Waals surface area contributed by atoms with E-state index in [0.717, 1.165) is 22.4 Å². The third-order valence-corrected chi connectivity index (χ3v) is 4.92. The van der Waals surface area contributed by atoms with E-state index in [-0.39, 0.29) is 6.04 Å². The van der Waals surface area contributed by atoms with Gasteiger partial charge in [-0.05, 0) is 49.3 Å². The summed E-state index contributed by atoms with van der Waals surface area (Å²) in [6.45, 7) is 6.85. The van der Waals surface area contributed by atoms with Gasteiger partial charge in [0.05, 0.1) is 0 Å². The predicted octanol–water partition coefficient (Wildman–Crippen LogP) is 5.08. The van der Waals surface area contributed by atoms with E-state index in [1.165, 1.54) is 12.8 Å². The van der Waals surface area contributed by atoms with Gasteiger partial charge in [-0.25, -0.2) is 0 Å². The first-order valence-corrected chi connectivity index (χ1v) is 7.45. The highest BCUT2D eigenvalue weighted by atomic mass is 35.5. The van der Waals surface area contributed by atoms with Crippen LogP contribution in [0, 0.1) is 11.8 Å². The maximum absolute atomic E-state index is 6.25. The van der Waals surface area contributed by atoms with Crippen LogP contribution in [0.3, 0.4) is 0 Å². The first-order chi connectivity index (χ1) is 8.49. The summed E-state index contributed by atoms with van der Waals surface area (Å²) < 4.78 is 0. The van der Waals surface area contributed by atoms with Gasteiger partial charge in [-0.2, -0.15) is 0 Å². The summed E-state index contributed by atoms with van der Waals surface area (Å²) in [6.07, 6.45) is 2.58. The van der Waals surface area contributed by atoms with Crippen molar-refractivity contribution < 1.29 is 0 Å². The predicted molar refractivity (Wildman–Crippen MR) is 79.4 cm³/mol. The molecule has 1 aliphatic rings. The minimum atomic E-state index is 0.271. The van der Waals surface area contributed by atoms with Gasteiger partial charge >= 0.3 is 0 Å². The van der Waals surface area contributed by atoms with Gasteiger partial charge < -0.3 is 5.32 Å². The van der Waals surface area contributed by atoms with Gasteiger partial charge in [-0.1, -0.05) is 43.1 Å². The average Bonchev–Trinajstić information content (AvgIpc) is 2.61. The van der Waals surface area contributed by atoms with E-state index in [1.807, 2.05) is 18.2 Å². The summed E-state index contributed by atoms with van der Waals surface area (Å²) >= 11 is 12.2. The molecule has 0 spiro atoms. The van der Waals surface area contributed by atoms with Crippen molar-refractivity contribution in [1.82, 2.24) is 5.32 Å². The average molecular weight is 286 g/mol. The molecule has 4 atom stereocenters. The Balaban J connectivity index is 2.05. The zero-order valence-electron chi connectivity index (χ0n) is 11.2. The fourth-order valence-corrected chi connectivity index (χ4v) is 3.44. The van der Waals surface area contributed by atoms with E-state index >= 15 is 0 Å². The van der Waals surface area contributed by atoms with Gasteiger partial charge in [-0.3, -0.25) is 0 Å². The van der Waals surface area contributed by atoms with Crippen LogP contribution in [0.2, 0.25) is 10.0 Å². The zero-order chi connectivity index (χ0) is 13.3. The molecule has 100 valence electrons. The Kier molecular flexibility index (Phi) is 4.58. The minimum absolute atomic E-state index is 0.271. The number of halogens is 2. The summed E-state index contributed by atoms with van der Waals surface area (Å²) in [5.41, 5.74) is 1.13. The molecule has 1 aromatic carbocycles. The molecule has 1 N–H and O–H groups in total. The van der Waals surface area contributed by atoms with Crippen molar-refractivity contribution >= 4 is 23.2 Å². The second kappa shape index (κ2) is 5.81. The van der Waals surface area contributed by atoms with Crippen molar-refractivity contribution in [1.29, 1.82) is 0 Å². The lowest BCUT2D eigenvalue weighted by Crippen LogP contribution is -2.34. The van der Waals surface area contributed by atoms with Crippen LogP contribution in [0.5, 0.6) is 0 Å². The Morgan fingerprint density at radius 3 is 2.50 bits per heavy atom. The second-order valence-electron chi connectivity index (χ2n) is 5.57. The van der Waals surface area contributed by atoms with Crippen LogP contribution < -0.4 is 5.32 Å². The Labute approximate surface area is 120 Å². The molecule has 4 unspecified atom stereocenters. The maximum atomic E-state index is 6.25. The topological polar surface area (TPSA) is 12.0 Å². The van der Waals surface area contributed by atoms with Gasteiger partial charge in [0.25, 0.3) is 0 Å². The van der Waals surface area contributed by atoms with Gasteiger partial charge in [0.1, 0.15) is 0 Å². The molecule has 0 bridgehead atoms. The summed E-state index contributed by atoms with van der Waals surface area (Å²) in [6, 6.07) is 6.61. The summed E-state index contributed by atoms with van der Waals surface area (Å²) in [4.78, 5) is 0. The highest BCUT2D eigenvalue weighted by Gasteiger charge is 2.30. The van der Waals surface area contributed by atoms with Crippen LogP contribution in [-0.2, 0) is 0 Å². The molecule has 0 saturated heterocycles.